The second-order valence-electron chi connectivity index (χ2n) is 15.5. The number of halogens is 2. The monoisotopic (exact) mass is 854 g/mol. The van der Waals surface area contributed by atoms with Crippen molar-refractivity contribution in [3.05, 3.63) is 86.9 Å². The van der Waals surface area contributed by atoms with Crippen LogP contribution < -0.4 is 19.5 Å². The Morgan fingerprint density at radius 3 is 2.31 bits per heavy atom. The summed E-state index contributed by atoms with van der Waals surface area (Å²) in [6, 6.07) is 18.1. The minimum atomic E-state index is -1.05. The van der Waals surface area contributed by atoms with Gasteiger partial charge in [-0.2, -0.15) is 0 Å². The van der Waals surface area contributed by atoms with E-state index in [-0.39, 0.29) is 48.8 Å². The molecule has 3 aromatic carbocycles. The molecule has 59 heavy (non-hydrogen) atoms. The highest BCUT2D eigenvalue weighted by molar-refractivity contribution is 6.37. The molecule has 0 radical (unpaired) electrons. The largest absolute Gasteiger partial charge is 0.511 e. The Kier molecular flexibility index (Phi) is 16.0. The van der Waals surface area contributed by atoms with Crippen molar-refractivity contribution in [1.29, 1.82) is 0 Å². The Morgan fingerprint density at radius 1 is 0.864 bits per heavy atom. The van der Waals surface area contributed by atoms with Gasteiger partial charge < -0.3 is 43.4 Å². The molecule has 1 amide bonds. The third kappa shape index (κ3) is 12.9. The van der Waals surface area contributed by atoms with Gasteiger partial charge in [0.05, 0.1) is 35.1 Å². The number of benzene rings is 3. The van der Waals surface area contributed by atoms with Gasteiger partial charge in [-0.15, -0.1) is 0 Å². The Hall–Kier alpha value is -4.23. The Bertz CT molecular complexity index is 1870. The van der Waals surface area contributed by atoms with Crippen molar-refractivity contribution in [3.8, 4) is 17.2 Å². The van der Waals surface area contributed by atoms with E-state index >= 15 is 0 Å². The van der Waals surface area contributed by atoms with Gasteiger partial charge in [-0.3, -0.25) is 9.59 Å². The molecule has 1 saturated heterocycles. The number of hydrogen-bond acceptors (Lipinski definition) is 11. The van der Waals surface area contributed by atoms with Gasteiger partial charge in [0.2, 0.25) is 12.2 Å². The molecule has 6 rings (SSSR count). The summed E-state index contributed by atoms with van der Waals surface area (Å²) in [7, 11) is 1.69. The molecule has 1 unspecified atom stereocenters. The fraction of sp³-hybridized carbons (Fsp3) is 0.533. The van der Waals surface area contributed by atoms with Gasteiger partial charge in [0, 0.05) is 45.7 Å². The second-order valence-corrected chi connectivity index (χ2v) is 16.3. The average Bonchev–Trinajstić information content (AvgIpc) is 4.15. The quantitative estimate of drug-likeness (QED) is 0.0631. The minimum Gasteiger partial charge on any atom is -0.493 e. The highest BCUT2D eigenvalue weighted by Crippen LogP contribution is 2.41. The zero-order valence-corrected chi connectivity index (χ0v) is 35.9. The summed E-state index contributed by atoms with van der Waals surface area (Å²) in [5, 5.41) is 4.41. The summed E-state index contributed by atoms with van der Waals surface area (Å²) in [5.41, 5.74) is 4.18. The third-order valence-electron chi connectivity index (χ3n) is 10.8. The van der Waals surface area contributed by atoms with Crippen molar-refractivity contribution in [3.63, 3.8) is 0 Å². The fourth-order valence-electron chi connectivity index (χ4n) is 7.59. The van der Waals surface area contributed by atoms with E-state index in [1.165, 1.54) is 6.92 Å². The maximum atomic E-state index is 14.6. The molecular formula is C45H56Cl2N2O10. The van der Waals surface area contributed by atoms with Gasteiger partial charge in [0.1, 0.15) is 24.7 Å². The van der Waals surface area contributed by atoms with E-state index in [1.807, 2.05) is 43.3 Å². The minimum absolute atomic E-state index is 0.0175. The van der Waals surface area contributed by atoms with Crippen LogP contribution in [0.4, 0.5) is 4.79 Å². The SMILES string of the molecule is CCOC(=O)OC(C)OC(=O)[C@@H]1C[C@H]1COc1cc(CCCOC)cc(CN(C(=O)[C@H]2CNCC[C@@H]2c2ccc(OCCOc3c(Cl)cc(C)cc3Cl)cc2)C2CC2)c1. The zero-order valence-electron chi connectivity index (χ0n) is 34.3. The molecule has 0 spiro atoms. The number of hydrogen-bond donors (Lipinski definition) is 1. The smallest absolute Gasteiger partial charge is 0.493 e. The summed E-state index contributed by atoms with van der Waals surface area (Å²) in [6.45, 7) is 8.72. The number of esters is 1. The van der Waals surface area contributed by atoms with Crippen LogP contribution in [0.3, 0.4) is 0 Å². The van der Waals surface area contributed by atoms with Gasteiger partial charge in [-0.05, 0) is 123 Å². The van der Waals surface area contributed by atoms with E-state index in [0.29, 0.717) is 66.6 Å². The summed E-state index contributed by atoms with van der Waals surface area (Å²) in [5.74, 6) is 1.08. The van der Waals surface area contributed by atoms with Crippen molar-refractivity contribution in [1.82, 2.24) is 10.2 Å². The van der Waals surface area contributed by atoms with Crippen LogP contribution in [0, 0.1) is 24.7 Å². The highest BCUT2D eigenvalue weighted by atomic mass is 35.5. The van der Waals surface area contributed by atoms with E-state index in [9.17, 15) is 14.4 Å². The maximum absolute atomic E-state index is 14.6. The molecule has 12 nitrogen and oxygen atoms in total. The number of carbonyl (C=O) groups excluding carboxylic acids is 3. The molecule has 320 valence electrons. The first-order valence-corrected chi connectivity index (χ1v) is 21.4. The van der Waals surface area contributed by atoms with E-state index in [2.05, 4.69) is 28.4 Å². The number of aryl methyl sites for hydroxylation is 2. The predicted molar refractivity (Wildman–Crippen MR) is 223 cm³/mol. The van der Waals surface area contributed by atoms with Crippen molar-refractivity contribution in [2.45, 2.75) is 84.1 Å². The summed E-state index contributed by atoms with van der Waals surface area (Å²) < 4.78 is 38.4. The Labute approximate surface area is 357 Å². The van der Waals surface area contributed by atoms with Crippen LogP contribution in [0.25, 0.3) is 0 Å². The average molecular weight is 856 g/mol. The van der Waals surface area contributed by atoms with E-state index in [0.717, 1.165) is 60.9 Å². The second kappa shape index (κ2) is 21.3. The van der Waals surface area contributed by atoms with Crippen LogP contribution in [0.2, 0.25) is 10.0 Å². The van der Waals surface area contributed by atoms with Crippen LogP contribution in [0.1, 0.15) is 74.1 Å². The number of methoxy groups -OCH3 is 1. The molecular weight excluding hydrogens is 799 g/mol. The summed E-state index contributed by atoms with van der Waals surface area (Å²) >= 11 is 12.6. The Morgan fingerprint density at radius 2 is 1.59 bits per heavy atom. The van der Waals surface area contributed by atoms with Crippen LogP contribution in [-0.4, -0.2) is 88.5 Å². The standard InChI is InChI=1S/C45H56Cl2N2O10/c1-5-54-45(52)59-29(3)58-44(51)38-24-33(38)27-57-36-22-30(7-6-16-53-4)21-31(23-36)26-49(34-10-11-34)43(50)39-25-48-15-14-37(39)32-8-12-35(13-9-32)55-17-18-56-42-40(46)19-28(2)20-41(42)47/h8-9,12-13,19-23,29,33-34,37-39,48H,5-7,10-11,14-18,24-27H2,1-4H3/t29?,33-,37+,38+,39-/m0/s1. The van der Waals surface area contributed by atoms with Crippen LogP contribution in [-0.2, 0) is 41.5 Å². The highest BCUT2D eigenvalue weighted by Gasteiger charge is 2.46. The van der Waals surface area contributed by atoms with Gasteiger partial charge in [0.15, 0.2) is 5.75 Å². The van der Waals surface area contributed by atoms with Crippen molar-refractivity contribution in [2.75, 3.05) is 53.2 Å². The molecule has 3 aromatic rings. The number of rotatable bonds is 21. The van der Waals surface area contributed by atoms with Crippen molar-refractivity contribution < 1.29 is 47.5 Å². The topological polar surface area (TPSA) is 131 Å². The summed E-state index contributed by atoms with van der Waals surface area (Å²) in [4.78, 5) is 40.9. The summed E-state index contributed by atoms with van der Waals surface area (Å²) in [6.07, 6.45) is 3.14. The molecule has 3 fully saturated rings. The number of piperidine rings is 1. The lowest BCUT2D eigenvalue weighted by molar-refractivity contribution is -0.170. The molecule has 14 heteroatoms. The molecule has 2 aliphatic carbocycles. The maximum Gasteiger partial charge on any atom is 0.511 e. The normalized spacial score (nSPS) is 20.2. The molecule has 2 saturated carbocycles. The molecule has 0 bridgehead atoms. The van der Waals surface area contributed by atoms with Gasteiger partial charge >= 0.3 is 12.1 Å². The van der Waals surface area contributed by atoms with Crippen LogP contribution in [0.15, 0.2) is 54.6 Å². The van der Waals surface area contributed by atoms with Crippen molar-refractivity contribution >= 4 is 41.2 Å². The van der Waals surface area contributed by atoms with E-state index in [1.54, 1.807) is 14.0 Å². The first-order chi connectivity index (χ1) is 28.5. The fourth-order valence-corrected chi connectivity index (χ4v) is 8.30. The van der Waals surface area contributed by atoms with Crippen LogP contribution >= 0.6 is 23.2 Å². The number of ether oxygens (including phenoxy) is 7. The Balaban J connectivity index is 1.06. The van der Waals surface area contributed by atoms with Gasteiger partial charge in [-0.25, -0.2) is 4.79 Å². The molecule has 1 heterocycles. The van der Waals surface area contributed by atoms with E-state index in [4.69, 9.17) is 56.4 Å². The lowest BCUT2D eigenvalue weighted by Gasteiger charge is -2.36. The van der Waals surface area contributed by atoms with Gasteiger partial charge in [0.25, 0.3) is 0 Å². The number of amides is 1. The molecule has 0 aromatic heterocycles. The first kappa shape index (κ1) is 44.3. The molecule has 1 N–H and O–H groups in total. The predicted octanol–water partition coefficient (Wildman–Crippen LogP) is 8.30. The van der Waals surface area contributed by atoms with Gasteiger partial charge in [-0.1, -0.05) is 41.4 Å². The number of nitrogens with zero attached hydrogens (tertiary/aromatic N) is 1. The van der Waals surface area contributed by atoms with E-state index < -0.39 is 18.4 Å². The molecule has 1 aliphatic heterocycles. The lowest BCUT2D eigenvalue weighted by atomic mass is 9.80. The zero-order chi connectivity index (χ0) is 41.9. The van der Waals surface area contributed by atoms with Crippen molar-refractivity contribution in [2.24, 2.45) is 17.8 Å². The van der Waals surface area contributed by atoms with Crippen LogP contribution in [0.5, 0.6) is 17.2 Å². The first-order valence-electron chi connectivity index (χ1n) is 20.6. The third-order valence-corrected chi connectivity index (χ3v) is 11.4. The number of nitrogens with one attached hydrogen (secondary N) is 1. The lowest BCUT2D eigenvalue weighted by Crippen LogP contribution is -2.47. The number of carbonyl (C=O) groups is 3. The molecule has 3 aliphatic rings. The molecule has 5 atom stereocenters.